The molecule has 0 fully saturated rings. The summed E-state index contributed by atoms with van der Waals surface area (Å²) in [5.74, 6) is -2.25. The fourth-order valence-electron chi connectivity index (χ4n) is 3.68. The van der Waals surface area contributed by atoms with E-state index in [0.717, 1.165) is 12.0 Å². The Bertz CT molecular complexity index is 847. The second-order valence-electron chi connectivity index (χ2n) is 9.22. The number of hydrogen-bond donors (Lipinski definition) is 5. The molecule has 1 aromatic rings. The highest BCUT2D eigenvalue weighted by Crippen LogP contribution is 2.17. The van der Waals surface area contributed by atoms with Gasteiger partial charge >= 0.3 is 7.12 Å². The number of carbonyl (C=O) groups is 2. The fraction of sp³-hybridized carbons (Fsp3) is 0.609. The van der Waals surface area contributed by atoms with Crippen LogP contribution in [0.25, 0.3) is 0 Å². The summed E-state index contributed by atoms with van der Waals surface area (Å²) in [5.41, 5.74) is 9.45. The summed E-state index contributed by atoms with van der Waals surface area (Å²) in [7, 11) is -1.72. The van der Waals surface area contributed by atoms with Crippen LogP contribution in [0.5, 0.6) is 0 Å². The molecule has 0 bridgehead atoms. The van der Waals surface area contributed by atoms with Crippen molar-refractivity contribution in [2.75, 3.05) is 6.54 Å². The van der Waals surface area contributed by atoms with Crippen molar-refractivity contribution in [2.45, 2.75) is 71.7 Å². The minimum Gasteiger partial charge on any atom is -0.426 e. The molecular formula is C23H38BN5O6. The number of aliphatic imine (C=N–C) groups is 1. The van der Waals surface area contributed by atoms with E-state index in [1.807, 2.05) is 45.0 Å². The molecule has 0 saturated heterocycles. The molecule has 12 heteroatoms. The number of amides is 1. The predicted molar refractivity (Wildman–Crippen MR) is 135 cm³/mol. The second-order valence-corrected chi connectivity index (χ2v) is 9.22. The van der Waals surface area contributed by atoms with Gasteiger partial charge in [0.05, 0.1) is 5.94 Å². The summed E-state index contributed by atoms with van der Waals surface area (Å²) in [6.45, 7) is 5.95. The molecular weight excluding hydrogens is 453 g/mol. The van der Waals surface area contributed by atoms with Crippen LogP contribution < -0.4 is 16.5 Å². The third-order valence-corrected chi connectivity index (χ3v) is 5.50. The monoisotopic (exact) mass is 491 g/mol. The number of benzene rings is 1. The lowest BCUT2D eigenvalue weighted by Crippen LogP contribution is -2.49. The van der Waals surface area contributed by atoms with Crippen LogP contribution in [0.15, 0.2) is 29.3 Å². The molecule has 0 aliphatic heterocycles. The van der Waals surface area contributed by atoms with Gasteiger partial charge in [-0.3, -0.25) is 9.59 Å². The van der Waals surface area contributed by atoms with Crippen molar-refractivity contribution in [2.24, 2.45) is 22.6 Å². The van der Waals surface area contributed by atoms with Gasteiger partial charge in [0.15, 0.2) is 5.03 Å². The van der Waals surface area contributed by atoms with Gasteiger partial charge in [-0.1, -0.05) is 49.1 Å². The van der Waals surface area contributed by atoms with Crippen LogP contribution in [0.1, 0.15) is 63.5 Å². The highest BCUT2D eigenvalue weighted by Gasteiger charge is 2.29. The van der Waals surface area contributed by atoms with Crippen molar-refractivity contribution in [1.29, 1.82) is 0 Å². The summed E-state index contributed by atoms with van der Waals surface area (Å²) in [6, 6.07) is 8.12. The maximum atomic E-state index is 12.9. The highest BCUT2D eigenvalue weighted by molar-refractivity contribution is 6.43. The van der Waals surface area contributed by atoms with E-state index in [4.69, 9.17) is 5.73 Å². The van der Waals surface area contributed by atoms with E-state index in [1.165, 1.54) is 5.56 Å². The van der Waals surface area contributed by atoms with Crippen LogP contribution in [0.3, 0.4) is 0 Å². The molecule has 2 atom stereocenters. The highest BCUT2D eigenvalue weighted by atomic mass is 16.7. The van der Waals surface area contributed by atoms with Crippen LogP contribution in [-0.4, -0.2) is 52.3 Å². The van der Waals surface area contributed by atoms with Crippen molar-refractivity contribution < 1.29 is 24.7 Å². The summed E-state index contributed by atoms with van der Waals surface area (Å²) >= 11 is 0. The molecule has 194 valence electrons. The second kappa shape index (κ2) is 15.8. The van der Waals surface area contributed by atoms with Gasteiger partial charge in [0.2, 0.25) is 5.91 Å². The van der Waals surface area contributed by atoms with Gasteiger partial charge in [0.25, 0.3) is 5.96 Å². The van der Waals surface area contributed by atoms with Crippen molar-refractivity contribution in [3.8, 4) is 0 Å². The van der Waals surface area contributed by atoms with Gasteiger partial charge in [0, 0.05) is 25.3 Å². The normalized spacial score (nSPS) is 13.3. The number of nitrogens with one attached hydrogen (secondary N) is 2. The first-order valence-electron chi connectivity index (χ1n) is 11.9. The summed E-state index contributed by atoms with van der Waals surface area (Å²) in [4.78, 5) is 39.8. The molecule has 1 aromatic carbocycles. The molecule has 35 heavy (non-hydrogen) atoms. The van der Waals surface area contributed by atoms with E-state index < -0.39 is 29.9 Å². The molecule has 0 saturated carbocycles. The van der Waals surface area contributed by atoms with Crippen molar-refractivity contribution >= 4 is 24.8 Å². The van der Waals surface area contributed by atoms with Gasteiger partial charge < -0.3 is 21.1 Å². The van der Waals surface area contributed by atoms with Crippen LogP contribution in [0.4, 0.5) is 0 Å². The zero-order chi connectivity index (χ0) is 26.4. The van der Waals surface area contributed by atoms with Gasteiger partial charge in [-0.15, -0.1) is 0 Å². The summed E-state index contributed by atoms with van der Waals surface area (Å²) in [6.07, 6.45) is 2.79. The minimum atomic E-state index is -1.72. The van der Waals surface area contributed by atoms with Gasteiger partial charge in [-0.2, -0.15) is 0 Å². The number of nitrogens with zero attached hydrogens (tertiary/aromatic N) is 2. The molecule has 0 aliphatic carbocycles. The maximum absolute atomic E-state index is 12.9. The molecule has 1 rings (SSSR count). The first-order valence-corrected chi connectivity index (χ1v) is 11.9. The topological polar surface area (TPSA) is 180 Å². The molecule has 0 aromatic heterocycles. The third kappa shape index (κ3) is 13.5. The standard InChI is InChI=1S/C23H38BN5O6/c1-16(2)14-21(24(32)33)27-22(31)19(7-5-13-26-23(25)28-29(34)35)15-20(30)8-4-6-18-11-9-17(3)10-12-18/h9-12,16,19,21,32-33H,4-8,13-15H2,1-3H3,(H,27,31)(H3,25,26,28)/t19-,21+/m1/s1. The van der Waals surface area contributed by atoms with Gasteiger partial charge in [-0.05, 0) is 50.5 Å². The SMILES string of the molecule is Cc1ccc(CCCC(=O)C[C@@H](CCCN=C(N)N[N+](=O)[O-])C(=O)N[C@@H](CC(C)C)B(O)O)cc1. The van der Waals surface area contributed by atoms with E-state index in [0.29, 0.717) is 32.1 Å². The molecule has 6 N–H and O–H groups in total. The number of Topliss-reactive ketones (excluding diaryl/α,β-unsaturated/α-hetero) is 1. The van der Waals surface area contributed by atoms with Gasteiger partial charge in [0.1, 0.15) is 5.78 Å². The maximum Gasteiger partial charge on any atom is 0.475 e. The van der Waals surface area contributed by atoms with E-state index in [9.17, 15) is 29.8 Å². The lowest BCUT2D eigenvalue weighted by molar-refractivity contribution is -0.525. The van der Waals surface area contributed by atoms with Crippen LogP contribution in [0.2, 0.25) is 0 Å². The number of nitrogens with two attached hydrogens (primary N) is 1. The Morgan fingerprint density at radius 2 is 1.86 bits per heavy atom. The molecule has 0 unspecified atom stereocenters. The number of nitro groups is 1. The number of rotatable bonds is 16. The van der Waals surface area contributed by atoms with E-state index in [1.54, 1.807) is 5.43 Å². The number of aryl methyl sites for hydroxylation is 2. The third-order valence-electron chi connectivity index (χ3n) is 5.50. The quantitative estimate of drug-likeness (QED) is 0.0573. The van der Waals surface area contributed by atoms with Crippen molar-refractivity contribution in [3.63, 3.8) is 0 Å². The van der Waals surface area contributed by atoms with Crippen molar-refractivity contribution in [3.05, 3.63) is 45.5 Å². The average Bonchev–Trinajstić information content (AvgIpc) is 2.75. The molecule has 0 spiro atoms. The van der Waals surface area contributed by atoms with Crippen LogP contribution >= 0.6 is 0 Å². The van der Waals surface area contributed by atoms with E-state index in [-0.39, 0.29) is 30.6 Å². The molecule has 0 radical (unpaired) electrons. The first kappa shape index (κ1) is 30.0. The largest absolute Gasteiger partial charge is 0.475 e. The number of hydrogen-bond acceptors (Lipinski definition) is 7. The summed E-state index contributed by atoms with van der Waals surface area (Å²) in [5, 5.41) is 31.5. The molecule has 0 aliphatic rings. The Morgan fingerprint density at radius 3 is 2.43 bits per heavy atom. The molecule has 1 amide bonds. The van der Waals surface area contributed by atoms with Crippen molar-refractivity contribution in [1.82, 2.24) is 10.7 Å². The average molecular weight is 491 g/mol. The predicted octanol–water partition coefficient (Wildman–Crippen LogP) is 1.31. The van der Waals surface area contributed by atoms with Crippen LogP contribution in [-0.2, 0) is 16.0 Å². The zero-order valence-electron chi connectivity index (χ0n) is 20.8. The zero-order valence-corrected chi connectivity index (χ0v) is 20.8. The number of ketones is 1. The summed E-state index contributed by atoms with van der Waals surface area (Å²) < 4.78 is 0. The Balaban J connectivity index is 2.72. The minimum absolute atomic E-state index is 0.0159. The van der Waals surface area contributed by atoms with E-state index >= 15 is 0 Å². The number of guanidine groups is 1. The molecule has 11 nitrogen and oxygen atoms in total. The molecule has 0 heterocycles. The lowest BCUT2D eigenvalue weighted by atomic mass is 9.74. The Hall–Kier alpha value is -2.99. The Kier molecular flexibility index (Phi) is 13.6. The van der Waals surface area contributed by atoms with Crippen LogP contribution in [0, 0.1) is 28.9 Å². The smallest absolute Gasteiger partial charge is 0.426 e. The number of hydrazine groups is 1. The Labute approximate surface area is 206 Å². The Morgan fingerprint density at radius 1 is 1.20 bits per heavy atom. The lowest BCUT2D eigenvalue weighted by Gasteiger charge is -2.23. The van der Waals surface area contributed by atoms with E-state index in [2.05, 4.69) is 10.3 Å². The fourth-order valence-corrected chi connectivity index (χ4v) is 3.68. The number of carbonyl (C=O) groups excluding carboxylic acids is 2. The first-order chi connectivity index (χ1) is 16.5. The van der Waals surface area contributed by atoms with Gasteiger partial charge in [-0.25, -0.2) is 15.1 Å².